The van der Waals surface area contributed by atoms with Crippen LogP contribution in [-0.4, -0.2) is 43.5 Å². The molecular weight excluding hydrogens is 317 g/mol. The Morgan fingerprint density at radius 2 is 1.76 bits per heavy atom. The molecule has 0 bridgehead atoms. The molecule has 0 aromatic heterocycles. The molecule has 1 aliphatic heterocycles. The number of aryl methyl sites for hydroxylation is 1. The van der Waals surface area contributed by atoms with Crippen molar-refractivity contribution in [1.29, 1.82) is 0 Å². The molecule has 3 nitrogen and oxygen atoms in total. The summed E-state index contributed by atoms with van der Waals surface area (Å²) in [5.74, 6) is -0.204. The molecule has 4 heteroatoms. The van der Waals surface area contributed by atoms with E-state index < -0.39 is 0 Å². The number of benzene rings is 1. The summed E-state index contributed by atoms with van der Waals surface area (Å²) in [5.41, 5.74) is 1.38. The predicted molar refractivity (Wildman–Crippen MR) is 104 cm³/mol. The number of Topliss-reactive ketones (excluding diaryl/α,β-unsaturated/α-hetero) is 1. The van der Waals surface area contributed by atoms with E-state index in [0.29, 0.717) is 12.0 Å². The number of hydrogen-bond acceptors (Lipinski definition) is 3. The molecule has 0 spiro atoms. The van der Waals surface area contributed by atoms with Crippen LogP contribution < -0.4 is 0 Å². The van der Waals surface area contributed by atoms with Crippen LogP contribution >= 0.6 is 0 Å². The zero-order chi connectivity index (χ0) is 19.1. The van der Waals surface area contributed by atoms with Crippen molar-refractivity contribution in [1.82, 2.24) is 4.90 Å². The second-order valence-electron chi connectivity index (χ2n) is 6.32. The third-order valence-electron chi connectivity index (χ3n) is 3.63. The highest BCUT2D eigenvalue weighted by Crippen LogP contribution is 2.11. The van der Waals surface area contributed by atoms with Gasteiger partial charge in [0.2, 0.25) is 0 Å². The van der Waals surface area contributed by atoms with E-state index in [1.54, 1.807) is 13.0 Å². The van der Waals surface area contributed by atoms with Crippen LogP contribution in [0.25, 0.3) is 0 Å². The third-order valence-corrected chi connectivity index (χ3v) is 3.63. The molecule has 144 valence electrons. The number of halogens is 1. The summed E-state index contributed by atoms with van der Waals surface area (Å²) in [6, 6.07) is 4.96. The number of morpholine rings is 1. The van der Waals surface area contributed by atoms with Gasteiger partial charge in [-0.2, -0.15) is 0 Å². The summed E-state index contributed by atoms with van der Waals surface area (Å²) >= 11 is 0. The first kappa shape index (κ1) is 23.7. The molecule has 25 heavy (non-hydrogen) atoms. The van der Waals surface area contributed by atoms with Crippen LogP contribution in [-0.2, 0) is 16.0 Å². The first-order chi connectivity index (χ1) is 12.0. The second kappa shape index (κ2) is 15.0. The molecule has 0 aliphatic carbocycles. The number of nitrogens with zero attached hydrogens (tertiary/aromatic N) is 1. The van der Waals surface area contributed by atoms with Crippen LogP contribution in [0.3, 0.4) is 0 Å². The van der Waals surface area contributed by atoms with Crippen molar-refractivity contribution in [3.8, 4) is 0 Å². The maximum Gasteiger partial charge on any atom is 0.137 e. The van der Waals surface area contributed by atoms with Crippen LogP contribution in [0.5, 0.6) is 0 Å². The van der Waals surface area contributed by atoms with Crippen molar-refractivity contribution in [3.63, 3.8) is 0 Å². The summed E-state index contributed by atoms with van der Waals surface area (Å²) in [5, 5.41) is 0. The molecule has 0 atom stereocenters. The molecular formula is C21H36FNO2. The Morgan fingerprint density at radius 1 is 1.16 bits per heavy atom. The van der Waals surface area contributed by atoms with E-state index in [9.17, 15) is 9.18 Å². The molecule has 2 rings (SSSR count). The Hall–Kier alpha value is -1.26. The molecule has 1 aromatic rings. The fraction of sp³-hybridized carbons (Fsp3) is 0.667. The summed E-state index contributed by atoms with van der Waals surface area (Å²) in [7, 11) is 0. The van der Waals surface area contributed by atoms with Gasteiger partial charge < -0.3 is 4.74 Å². The highest BCUT2D eigenvalue weighted by Gasteiger charge is 2.07. The lowest BCUT2D eigenvalue weighted by atomic mass is 10.1. The molecule has 1 aromatic carbocycles. The van der Waals surface area contributed by atoms with Crippen molar-refractivity contribution in [3.05, 3.63) is 35.1 Å². The van der Waals surface area contributed by atoms with Crippen molar-refractivity contribution in [2.24, 2.45) is 0 Å². The van der Waals surface area contributed by atoms with E-state index in [4.69, 9.17) is 4.74 Å². The van der Waals surface area contributed by atoms with Gasteiger partial charge in [0.05, 0.1) is 13.2 Å². The zero-order valence-corrected chi connectivity index (χ0v) is 16.7. The lowest BCUT2D eigenvalue weighted by Gasteiger charge is -2.25. The van der Waals surface area contributed by atoms with Crippen LogP contribution in [0.15, 0.2) is 18.2 Å². The van der Waals surface area contributed by atoms with Crippen LogP contribution in [0.4, 0.5) is 4.39 Å². The highest BCUT2D eigenvalue weighted by molar-refractivity contribution is 5.80. The van der Waals surface area contributed by atoms with E-state index >= 15 is 0 Å². The van der Waals surface area contributed by atoms with Crippen molar-refractivity contribution in [2.75, 3.05) is 32.8 Å². The Morgan fingerprint density at radius 3 is 2.24 bits per heavy atom. The Balaban J connectivity index is 0.000000417. The zero-order valence-electron chi connectivity index (χ0n) is 16.7. The van der Waals surface area contributed by atoms with Crippen molar-refractivity contribution in [2.45, 2.75) is 60.3 Å². The second-order valence-corrected chi connectivity index (χ2v) is 6.32. The fourth-order valence-electron chi connectivity index (χ4n) is 2.27. The maximum atomic E-state index is 13.2. The number of rotatable bonds is 5. The molecule has 1 heterocycles. The quantitative estimate of drug-likeness (QED) is 0.761. The molecule has 0 amide bonds. The number of carbonyl (C=O) groups excluding carboxylic acids is 1. The van der Waals surface area contributed by atoms with Gasteiger partial charge in [0, 0.05) is 25.9 Å². The van der Waals surface area contributed by atoms with Crippen molar-refractivity contribution >= 4 is 5.78 Å². The largest absolute Gasteiger partial charge is 0.379 e. The Kier molecular flexibility index (Phi) is 14.3. The molecule has 0 N–H and O–H groups in total. The van der Waals surface area contributed by atoms with Crippen molar-refractivity contribution < 1.29 is 13.9 Å². The minimum atomic E-state index is -0.276. The van der Waals surface area contributed by atoms with E-state index in [1.807, 2.05) is 13.0 Å². The monoisotopic (exact) mass is 353 g/mol. The molecule has 1 aliphatic rings. The van der Waals surface area contributed by atoms with Gasteiger partial charge in [-0.1, -0.05) is 46.2 Å². The average Bonchev–Trinajstić information content (AvgIpc) is 2.60. The van der Waals surface area contributed by atoms with E-state index in [0.717, 1.165) is 31.9 Å². The van der Waals surface area contributed by atoms with E-state index in [2.05, 4.69) is 25.7 Å². The average molecular weight is 354 g/mol. The standard InChI is InChI=1S/C11H13FO.C7H15NO.C3H8/c1-3-10(13)7-9-5-4-8(2)6-11(9)12;1-2-3-8-4-6-9-7-5-8;1-3-2/h4-6H,3,7H2,1-2H3;2-7H2,1H3;3H2,1-2H3. The predicted octanol–water partition coefficient (Wildman–Crippen LogP) is 4.80. The summed E-state index contributed by atoms with van der Waals surface area (Å²) < 4.78 is 18.4. The maximum absolute atomic E-state index is 13.2. The summed E-state index contributed by atoms with van der Waals surface area (Å²) in [6.45, 7) is 15.4. The van der Waals surface area contributed by atoms with Crippen LogP contribution in [0.1, 0.15) is 58.1 Å². The van der Waals surface area contributed by atoms with Gasteiger partial charge in [-0.25, -0.2) is 4.39 Å². The molecule has 1 saturated heterocycles. The topological polar surface area (TPSA) is 29.5 Å². The Bertz CT molecular complexity index is 468. The molecule has 1 fully saturated rings. The van der Waals surface area contributed by atoms with Crippen LogP contribution in [0, 0.1) is 12.7 Å². The molecule has 0 unspecified atom stereocenters. The van der Waals surface area contributed by atoms with Gasteiger partial charge in [-0.05, 0) is 37.1 Å². The fourth-order valence-corrected chi connectivity index (χ4v) is 2.27. The molecule has 0 saturated carbocycles. The van der Waals surface area contributed by atoms with Gasteiger partial charge in [0.1, 0.15) is 11.6 Å². The van der Waals surface area contributed by atoms with Gasteiger partial charge in [-0.3, -0.25) is 9.69 Å². The van der Waals surface area contributed by atoms with E-state index in [1.165, 1.54) is 25.5 Å². The van der Waals surface area contributed by atoms with E-state index in [-0.39, 0.29) is 18.0 Å². The number of ether oxygens (including phenoxy) is 1. The summed E-state index contributed by atoms with van der Waals surface area (Å²) in [4.78, 5) is 13.5. The minimum absolute atomic E-state index is 0.0720. The lowest BCUT2D eigenvalue weighted by molar-refractivity contribution is -0.118. The smallest absolute Gasteiger partial charge is 0.137 e. The van der Waals surface area contributed by atoms with Gasteiger partial charge >= 0.3 is 0 Å². The SMILES string of the molecule is CCC.CCC(=O)Cc1ccc(C)cc1F.CCCN1CCOCC1. The first-order valence-corrected chi connectivity index (χ1v) is 9.55. The van der Waals surface area contributed by atoms with Crippen LogP contribution in [0.2, 0.25) is 0 Å². The first-order valence-electron chi connectivity index (χ1n) is 9.55. The molecule has 0 radical (unpaired) electrons. The third kappa shape index (κ3) is 11.8. The Labute approximate surface area is 153 Å². The highest BCUT2D eigenvalue weighted by atomic mass is 19.1. The number of hydrogen-bond donors (Lipinski definition) is 0. The normalized spacial score (nSPS) is 14.0. The number of ketones is 1. The van der Waals surface area contributed by atoms with Gasteiger partial charge in [-0.15, -0.1) is 0 Å². The van der Waals surface area contributed by atoms with Gasteiger partial charge in [0.15, 0.2) is 0 Å². The summed E-state index contributed by atoms with van der Waals surface area (Å²) in [6.07, 6.45) is 3.19. The number of carbonyl (C=O) groups is 1. The van der Waals surface area contributed by atoms with Gasteiger partial charge in [0.25, 0.3) is 0 Å². The minimum Gasteiger partial charge on any atom is -0.379 e. The lowest BCUT2D eigenvalue weighted by Crippen LogP contribution is -2.36.